The van der Waals surface area contributed by atoms with Crippen molar-refractivity contribution in [1.82, 2.24) is 10.3 Å². The van der Waals surface area contributed by atoms with Crippen LogP contribution in [0, 0.1) is 0 Å². The number of aromatic nitrogens is 1. The van der Waals surface area contributed by atoms with Crippen molar-refractivity contribution in [2.24, 2.45) is 0 Å². The van der Waals surface area contributed by atoms with Gasteiger partial charge in [-0.05, 0) is 76.3 Å². The van der Waals surface area contributed by atoms with E-state index in [1.807, 2.05) is 45.2 Å². The first-order valence-corrected chi connectivity index (χ1v) is 9.87. The zero-order chi connectivity index (χ0) is 20.1. The minimum atomic E-state index is -0.488. The van der Waals surface area contributed by atoms with Gasteiger partial charge in [0, 0.05) is 11.6 Å². The number of carbonyl (C=O) groups excluding carboxylic acids is 1. The third kappa shape index (κ3) is 5.58. The Balaban J connectivity index is 1.51. The maximum atomic E-state index is 11.9. The fourth-order valence-corrected chi connectivity index (χ4v) is 3.47. The first kappa shape index (κ1) is 20.4. The van der Waals surface area contributed by atoms with Crippen molar-refractivity contribution in [3.05, 3.63) is 36.0 Å². The smallest absolute Gasteiger partial charge is 0.407 e. The molecule has 0 spiro atoms. The Labute approximate surface area is 166 Å². The van der Waals surface area contributed by atoms with E-state index < -0.39 is 5.60 Å². The predicted molar refractivity (Wildman–Crippen MR) is 109 cm³/mol. The number of rotatable bonds is 5. The molecule has 1 amide bonds. The van der Waals surface area contributed by atoms with Gasteiger partial charge in [0.2, 0.25) is 0 Å². The second-order valence-electron chi connectivity index (χ2n) is 8.27. The summed E-state index contributed by atoms with van der Waals surface area (Å²) in [6.07, 6.45) is 5.35. The average molecular weight is 386 g/mol. The van der Waals surface area contributed by atoms with Gasteiger partial charge in [0.1, 0.15) is 11.4 Å². The number of carbonyl (C=O) groups is 1. The normalized spacial score (nSPS) is 20.0. The van der Waals surface area contributed by atoms with Crippen LogP contribution >= 0.6 is 0 Å². The van der Waals surface area contributed by atoms with Crippen LogP contribution in [0.15, 0.2) is 30.5 Å². The van der Waals surface area contributed by atoms with E-state index in [4.69, 9.17) is 14.2 Å². The molecule has 1 aromatic carbocycles. The summed E-state index contributed by atoms with van der Waals surface area (Å²) in [5.74, 6) is 0.840. The molecule has 3 rings (SSSR count). The number of amides is 1. The van der Waals surface area contributed by atoms with E-state index in [9.17, 15) is 4.79 Å². The molecule has 1 aromatic heterocycles. The summed E-state index contributed by atoms with van der Waals surface area (Å²) in [6, 6.07) is 8.04. The van der Waals surface area contributed by atoms with Crippen molar-refractivity contribution in [3.8, 4) is 5.75 Å². The predicted octanol–water partition coefficient (Wildman–Crippen LogP) is 4.25. The lowest BCUT2D eigenvalue weighted by atomic mass is 9.97. The molecule has 1 aliphatic rings. The van der Waals surface area contributed by atoms with Gasteiger partial charge in [-0.1, -0.05) is 0 Å². The largest absolute Gasteiger partial charge is 0.497 e. The van der Waals surface area contributed by atoms with Crippen LogP contribution in [0.5, 0.6) is 5.75 Å². The minimum absolute atomic E-state index is 0.0112. The van der Waals surface area contributed by atoms with E-state index in [1.54, 1.807) is 7.11 Å². The zero-order valence-electron chi connectivity index (χ0n) is 17.2. The van der Waals surface area contributed by atoms with Crippen LogP contribution in [-0.4, -0.2) is 42.5 Å². The minimum Gasteiger partial charge on any atom is -0.497 e. The highest BCUT2D eigenvalue weighted by Gasteiger charge is 2.25. The highest BCUT2D eigenvalue weighted by Crippen LogP contribution is 2.25. The van der Waals surface area contributed by atoms with Crippen LogP contribution in [0.1, 0.15) is 45.6 Å². The maximum Gasteiger partial charge on any atom is 0.407 e. The molecule has 0 aliphatic carbocycles. The first-order valence-electron chi connectivity index (χ1n) is 9.87. The van der Waals surface area contributed by atoms with E-state index in [-0.39, 0.29) is 18.2 Å². The third-order valence-corrected chi connectivity index (χ3v) is 4.87. The fraction of sp³-hybridized carbons (Fsp3) is 0.545. The molecule has 0 saturated carbocycles. The molecule has 1 aliphatic heterocycles. The van der Waals surface area contributed by atoms with Crippen molar-refractivity contribution in [2.75, 3.05) is 13.7 Å². The molecule has 152 valence electrons. The molecule has 1 fully saturated rings. The SMILES string of the molecule is COc1ccc2nccc(CC[C@@H]3CC[C@@H](NC(=O)OC(C)(C)C)CO3)c2c1. The second-order valence-corrected chi connectivity index (χ2v) is 8.27. The molecule has 1 N–H and O–H groups in total. The van der Waals surface area contributed by atoms with Gasteiger partial charge in [-0.3, -0.25) is 4.98 Å². The summed E-state index contributed by atoms with van der Waals surface area (Å²) in [5.41, 5.74) is 1.74. The van der Waals surface area contributed by atoms with Gasteiger partial charge in [0.25, 0.3) is 0 Å². The van der Waals surface area contributed by atoms with Crippen LogP contribution in [0.4, 0.5) is 4.79 Å². The Morgan fingerprint density at radius 1 is 1.29 bits per heavy atom. The van der Waals surface area contributed by atoms with E-state index in [0.717, 1.165) is 42.3 Å². The molecular weight excluding hydrogens is 356 g/mol. The van der Waals surface area contributed by atoms with Gasteiger partial charge in [-0.15, -0.1) is 0 Å². The second kappa shape index (κ2) is 8.78. The number of alkyl carbamates (subject to hydrolysis) is 1. The molecule has 2 atom stereocenters. The molecular formula is C22H30N2O4. The Morgan fingerprint density at radius 3 is 2.79 bits per heavy atom. The van der Waals surface area contributed by atoms with Gasteiger partial charge in [0.05, 0.1) is 31.4 Å². The topological polar surface area (TPSA) is 69.7 Å². The number of nitrogens with zero attached hydrogens (tertiary/aromatic N) is 1. The molecule has 0 bridgehead atoms. The number of pyridine rings is 1. The number of benzene rings is 1. The van der Waals surface area contributed by atoms with Gasteiger partial charge in [-0.2, -0.15) is 0 Å². The van der Waals surface area contributed by atoms with Gasteiger partial charge < -0.3 is 19.5 Å². The lowest BCUT2D eigenvalue weighted by Crippen LogP contribution is -2.44. The fourth-order valence-electron chi connectivity index (χ4n) is 3.47. The summed E-state index contributed by atoms with van der Waals surface area (Å²) < 4.78 is 16.6. The lowest BCUT2D eigenvalue weighted by molar-refractivity contribution is -0.0113. The lowest BCUT2D eigenvalue weighted by Gasteiger charge is -2.30. The number of hydrogen-bond acceptors (Lipinski definition) is 5. The Morgan fingerprint density at radius 2 is 2.11 bits per heavy atom. The maximum absolute atomic E-state index is 11.9. The van der Waals surface area contributed by atoms with Crippen LogP contribution in [-0.2, 0) is 15.9 Å². The molecule has 28 heavy (non-hydrogen) atoms. The van der Waals surface area contributed by atoms with Crippen LogP contribution in [0.2, 0.25) is 0 Å². The highest BCUT2D eigenvalue weighted by molar-refractivity contribution is 5.83. The summed E-state index contributed by atoms with van der Waals surface area (Å²) >= 11 is 0. The Bertz CT molecular complexity index is 808. The number of ether oxygens (including phenoxy) is 3. The molecule has 0 unspecified atom stereocenters. The van der Waals surface area contributed by atoms with Crippen LogP contribution in [0.3, 0.4) is 0 Å². The van der Waals surface area contributed by atoms with Crippen molar-refractivity contribution in [3.63, 3.8) is 0 Å². The Kier molecular flexibility index (Phi) is 6.39. The van der Waals surface area contributed by atoms with Crippen molar-refractivity contribution >= 4 is 17.0 Å². The molecule has 2 aromatic rings. The number of nitrogens with one attached hydrogen (secondary N) is 1. The number of hydrogen-bond donors (Lipinski definition) is 1. The molecule has 0 radical (unpaired) electrons. The molecule has 1 saturated heterocycles. The summed E-state index contributed by atoms with van der Waals surface area (Å²) in [4.78, 5) is 16.3. The monoisotopic (exact) mass is 386 g/mol. The van der Waals surface area contributed by atoms with E-state index in [1.165, 1.54) is 5.56 Å². The third-order valence-electron chi connectivity index (χ3n) is 4.87. The first-order chi connectivity index (χ1) is 13.3. The molecule has 6 nitrogen and oxygen atoms in total. The number of methoxy groups -OCH3 is 1. The van der Waals surface area contributed by atoms with Crippen LogP contribution in [0.25, 0.3) is 10.9 Å². The molecule has 6 heteroatoms. The summed E-state index contributed by atoms with van der Waals surface area (Å²) in [7, 11) is 1.68. The van der Waals surface area contributed by atoms with E-state index >= 15 is 0 Å². The van der Waals surface area contributed by atoms with E-state index in [2.05, 4.69) is 16.4 Å². The summed E-state index contributed by atoms with van der Waals surface area (Å²) in [5, 5.41) is 4.03. The highest BCUT2D eigenvalue weighted by atomic mass is 16.6. The van der Waals surface area contributed by atoms with Crippen LogP contribution < -0.4 is 10.1 Å². The zero-order valence-corrected chi connectivity index (χ0v) is 17.2. The number of aryl methyl sites for hydroxylation is 1. The Hall–Kier alpha value is -2.34. The molecule has 2 heterocycles. The standard InChI is InChI=1S/C22H30N2O4/c1-22(2,3)28-21(25)24-16-6-8-17(27-14-16)7-5-15-11-12-23-20-10-9-18(26-4)13-19(15)20/h9-13,16-17H,5-8,14H2,1-4H3,(H,24,25)/t16-,17-/m1/s1. The van der Waals surface area contributed by atoms with Gasteiger partial charge in [-0.25, -0.2) is 4.79 Å². The van der Waals surface area contributed by atoms with Crippen molar-refractivity contribution in [2.45, 2.75) is 64.2 Å². The van der Waals surface area contributed by atoms with Crippen molar-refractivity contribution in [1.29, 1.82) is 0 Å². The van der Waals surface area contributed by atoms with E-state index in [0.29, 0.717) is 6.61 Å². The van der Waals surface area contributed by atoms with Crippen molar-refractivity contribution < 1.29 is 19.0 Å². The van der Waals surface area contributed by atoms with Gasteiger partial charge >= 0.3 is 6.09 Å². The summed E-state index contributed by atoms with van der Waals surface area (Å²) in [6.45, 7) is 6.10. The quantitative estimate of drug-likeness (QED) is 0.832. The average Bonchev–Trinajstić information content (AvgIpc) is 2.65. The van der Waals surface area contributed by atoms with Gasteiger partial charge in [0.15, 0.2) is 0 Å². The number of fused-ring (bicyclic) bond motifs is 1.